The molecule has 0 aliphatic rings. The summed E-state index contributed by atoms with van der Waals surface area (Å²) < 4.78 is 11.2. The summed E-state index contributed by atoms with van der Waals surface area (Å²) in [6.45, 7) is 4.23. The predicted molar refractivity (Wildman–Crippen MR) is 117 cm³/mol. The zero-order valence-corrected chi connectivity index (χ0v) is 17.4. The third kappa shape index (κ3) is 4.81. The number of amides is 1. The maximum atomic E-state index is 12.6. The molecule has 1 amide bonds. The monoisotopic (exact) mass is 403 g/mol. The molecule has 0 unspecified atom stereocenters. The SMILES string of the molecule is COc1cccc(/C=C(\C#N)C(=O)NCCc2c[nH]c3ccccc23)c1OC(C)C. The number of fused-ring (bicyclic) bond motifs is 1. The van der Waals surface area contributed by atoms with E-state index >= 15 is 0 Å². The molecule has 2 aromatic carbocycles. The summed E-state index contributed by atoms with van der Waals surface area (Å²) in [7, 11) is 1.55. The molecule has 0 aliphatic carbocycles. The van der Waals surface area contributed by atoms with Gasteiger partial charge in [0.2, 0.25) is 0 Å². The van der Waals surface area contributed by atoms with Crippen LogP contribution in [0, 0.1) is 11.3 Å². The molecule has 6 heteroatoms. The van der Waals surface area contributed by atoms with Gasteiger partial charge >= 0.3 is 0 Å². The topological polar surface area (TPSA) is 87.1 Å². The number of ether oxygens (including phenoxy) is 2. The van der Waals surface area contributed by atoms with Gasteiger partial charge in [0.15, 0.2) is 11.5 Å². The standard InChI is InChI=1S/C24H25N3O3/c1-16(2)30-23-17(7-6-10-22(23)29-3)13-19(14-25)24(28)26-12-11-18-15-27-21-9-5-4-8-20(18)21/h4-10,13,15-16,27H,11-12H2,1-3H3,(H,26,28)/b19-13+. The summed E-state index contributed by atoms with van der Waals surface area (Å²) in [5, 5.41) is 13.5. The van der Waals surface area contributed by atoms with Crippen molar-refractivity contribution in [2.75, 3.05) is 13.7 Å². The fraction of sp³-hybridized carbons (Fsp3) is 0.250. The second kappa shape index (κ2) is 9.66. The molecule has 154 valence electrons. The number of nitrogens with one attached hydrogen (secondary N) is 2. The Kier molecular flexibility index (Phi) is 6.76. The van der Waals surface area contributed by atoms with Crippen molar-refractivity contribution in [3.63, 3.8) is 0 Å². The third-order valence-corrected chi connectivity index (χ3v) is 4.60. The van der Waals surface area contributed by atoms with Crippen LogP contribution in [0.1, 0.15) is 25.0 Å². The molecule has 0 spiro atoms. The molecule has 0 bridgehead atoms. The van der Waals surface area contributed by atoms with E-state index in [1.807, 2.05) is 50.4 Å². The van der Waals surface area contributed by atoms with Crippen molar-refractivity contribution in [1.29, 1.82) is 5.26 Å². The first-order valence-corrected chi connectivity index (χ1v) is 9.82. The molecule has 0 radical (unpaired) electrons. The van der Waals surface area contributed by atoms with Gasteiger partial charge in [-0.05, 0) is 44.0 Å². The van der Waals surface area contributed by atoms with Gasteiger partial charge in [-0.15, -0.1) is 0 Å². The van der Waals surface area contributed by atoms with Gasteiger partial charge in [-0.1, -0.05) is 30.3 Å². The summed E-state index contributed by atoms with van der Waals surface area (Å²) in [5.41, 5.74) is 2.81. The van der Waals surface area contributed by atoms with E-state index in [2.05, 4.69) is 10.3 Å². The lowest BCUT2D eigenvalue weighted by Crippen LogP contribution is -2.26. The van der Waals surface area contributed by atoms with Crippen LogP contribution in [-0.2, 0) is 11.2 Å². The van der Waals surface area contributed by atoms with Gasteiger partial charge < -0.3 is 19.8 Å². The number of benzene rings is 2. The van der Waals surface area contributed by atoms with Crippen LogP contribution in [0.15, 0.2) is 54.2 Å². The molecule has 1 aromatic heterocycles. The van der Waals surface area contributed by atoms with Gasteiger partial charge in [0.1, 0.15) is 11.6 Å². The number of nitrogens with zero attached hydrogens (tertiary/aromatic N) is 1. The van der Waals surface area contributed by atoms with Crippen LogP contribution in [-0.4, -0.2) is 30.6 Å². The molecule has 0 saturated heterocycles. The van der Waals surface area contributed by atoms with Crippen molar-refractivity contribution >= 4 is 22.9 Å². The quantitative estimate of drug-likeness (QED) is 0.435. The average Bonchev–Trinajstić information content (AvgIpc) is 3.15. The largest absolute Gasteiger partial charge is 0.493 e. The van der Waals surface area contributed by atoms with E-state index in [0.29, 0.717) is 30.0 Å². The van der Waals surface area contributed by atoms with Crippen molar-refractivity contribution in [3.8, 4) is 17.6 Å². The molecular formula is C24H25N3O3. The molecule has 1 heterocycles. The number of aromatic amines is 1. The molecule has 0 atom stereocenters. The maximum Gasteiger partial charge on any atom is 0.261 e. The van der Waals surface area contributed by atoms with Crippen molar-refractivity contribution in [2.45, 2.75) is 26.4 Å². The Morgan fingerprint density at radius 3 is 2.77 bits per heavy atom. The first-order chi connectivity index (χ1) is 14.5. The highest BCUT2D eigenvalue weighted by atomic mass is 16.5. The molecule has 3 aromatic rings. The molecule has 3 rings (SSSR count). The van der Waals surface area contributed by atoms with Crippen molar-refractivity contribution in [3.05, 3.63) is 65.4 Å². The fourth-order valence-electron chi connectivity index (χ4n) is 3.22. The predicted octanol–water partition coefficient (Wildman–Crippen LogP) is 4.23. The number of H-pyrrole nitrogens is 1. The molecule has 0 fully saturated rings. The lowest BCUT2D eigenvalue weighted by atomic mass is 10.1. The Morgan fingerprint density at radius 1 is 1.23 bits per heavy atom. The van der Waals surface area contributed by atoms with Gasteiger partial charge in [-0.25, -0.2) is 0 Å². The van der Waals surface area contributed by atoms with Gasteiger partial charge in [0.25, 0.3) is 5.91 Å². The summed E-state index contributed by atoms with van der Waals surface area (Å²) >= 11 is 0. The van der Waals surface area contributed by atoms with Crippen LogP contribution in [0.25, 0.3) is 17.0 Å². The smallest absolute Gasteiger partial charge is 0.261 e. The first-order valence-electron chi connectivity index (χ1n) is 9.82. The first kappa shape index (κ1) is 21.0. The Labute approximate surface area is 176 Å². The fourth-order valence-corrected chi connectivity index (χ4v) is 3.22. The van der Waals surface area contributed by atoms with E-state index in [0.717, 1.165) is 16.5 Å². The van der Waals surface area contributed by atoms with E-state index < -0.39 is 5.91 Å². The van der Waals surface area contributed by atoms with Crippen molar-refractivity contribution < 1.29 is 14.3 Å². The summed E-state index contributed by atoms with van der Waals surface area (Å²) in [6.07, 6.45) is 4.06. The number of nitriles is 1. The molecule has 0 aliphatic heterocycles. The highest BCUT2D eigenvalue weighted by Crippen LogP contribution is 2.33. The molecule has 2 N–H and O–H groups in total. The molecule has 30 heavy (non-hydrogen) atoms. The lowest BCUT2D eigenvalue weighted by Gasteiger charge is -2.16. The molecule has 6 nitrogen and oxygen atoms in total. The Bertz CT molecular complexity index is 1110. The van der Waals surface area contributed by atoms with Gasteiger partial charge in [-0.3, -0.25) is 4.79 Å². The third-order valence-electron chi connectivity index (χ3n) is 4.60. The highest BCUT2D eigenvalue weighted by Gasteiger charge is 2.15. The van der Waals surface area contributed by atoms with Crippen LogP contribution in [0.2, 0.25) is 0 Å². The van der Waals surface area contributed by atoms with Gasteiger partial charge in [0, 0.05) is 29.2 Å². The molecule has 0 saturated carbocycles. The van der Waals surface area contributed by atoms with Gasteiger partial charge in [0.05, 0.1) is 13.2 Å². The Hall–Kier alpha value is -3.72. The molecular weight excluding hydrogens is 378 g/mol. The van der Waals surface area contributed by atoms with Crippen LogP contribution in [0.3, 0.4) is 0 Å². The van der Waals surface area contributed by atoms with E-state index in [1.165, 1.54) is 6.08 Å². The zero-order chi connectivity index (χ0) is 21.5. The minimum Gasteiger partial charge on any atom is -0.493 e. The van der Waals surface area contributed by atoms with Crippen LogP contribution in [0.5, 0.6) is 11.5 Å². The Balaban J connectivity index is 1.73. The number of carbonyl (C=O) groups excluding carboxylic acids is 1. The van der Waals surface area contributed by atoms with E-state index in [9.17, 15) is 10.1 Å². The second-order valence-corrected chi connectivity index (χ2v) is 7.08. The summed E-state index contributed by atoms with van der Waals surface area (Å²) in [5.74, 6) is 0.638. The number of methoxy groups -OCH3 is 1. The summed E-state index contributed by atoms with van der Waals surface area (Å²) in [6, 6.07) is 15.4. The van der Waals surface area contributed by atoms with E-state index in [-0.39, 0.29) is 11.7 Å². The van der Waals surface area contributed by atoms with Crippen LogP contribution in [0.4, 0.5) is 0 Å². The number of rotatable bonds is 8. The zero-order valence-electron chi connectivity index (χ0n) is 17.4. The Morgan fingerprint density at radius 2 is 2.03 bits per heavy atom. The highest BCUT2D eigenvalue weighted by molar-refractivity contribution is 6.02. The summed E-state index contributed by atoms with van der Waals surface area (Å²) in [4.78, 5) is 15.8. The van der Waals surface area contributed by atoms with E-state index in [4.69, 9.17) is 9.47 Å². The van der Waals surface area contributed by atoms with Crippen LogP contribution < -0.4 is 14.8 Å². The second-order valence-electron chi connectivity index (χ2n) is 7.08. The maximum absolute atomic E-state index is 12.6. The normalized spacial score (nSPS) is 11.4. The number of aromatic nitrogens is 1. The van der Waals surface area contributed by atoms with E-state index in [1.54, 1.807) is 25.3 Å². The van der Waals surface area contributed by atoms with Crippen LogP contribution >= 0.6 is 0 Å². The number of carbonyl (C=O) groups is 1. The van der Waals surface area contributed by atoms with Crippen molar-refractivity contribution in [2.24, 2.45) is 0 Å². The minimum absolute atomic E-state index is 0.00999. The number of hydrogen-bond donors (Lipinski definition) is 2. The lowest BCUT2D eigenvalue weighted by molar-refractivity contribution is -0.117. The number of para-hydroxylation sites is 2. The van der Waals surface area contributed by atoms with Crippen molar-refractivity contribution in [1.82, 2.24) is 10.3 Å². The number of hydrogen-bond acceptors (Lipinski definition) is 4. The minimum atomic E-state index is -0.421. The van der Waals surface area contributed by atoms with Gasteiger partial charge in [-0.2, -0.15) is 5.26 Å². The average molecular weight is 403 g/mol.